The van der Waals surface area contributed by atoms with Crippen LogP contribution in [-0.2, 0) is 14.8 Å². The van der Waals surface area contributed by atoms with E-state index in [-0.39, 0.29) is 16.7 Å². The number of nitrogens with one attached hydrogen (secondary N) is 2. The molecule has 0 spiro atoms. The van der Waals surface area contributed by atoms with E-state index in [0.717, 1.165) is 4.90 Å². The van der Waals surface area contributed by atoms with Crippen molar-refractivity contribution in [1.82, 2.24) is 0 Å². The highest BCUT2D eigenvalue weighted by molar-refractivity contribution is 8.00. The Morgan fingerprint density at radius 3 is 2.37 bits per heavy atom. The van der Waals surface area contributed by atoms with E-state index in [1.165, 1.54) is 47.4 Å². The van der Waals surface area contributed by atoms with Crippen molar-refractivity contribution < 1.29 is 18.0 Å². The van der Waals surface area contributed by atoms with Gasteiger partial charge in [0.05, 0.1) is 15.0 Å². The topological polar surface area (TPSA) is 118 Å². The second-order valence-corrected chi connectivity index (χ2v) is 10.2. The molecule has 0 saturated heterocycles. The molecule has 10 heteroatoms. The number of hydrogen-bond donors (Lipinski definition) is 3. The molecule has 1 atom stereocenters. The fraction of sp³-hybridized carbons (Fsp3) is 0.100. The van der Waals surface area contributed by atoms with Crippen LogP contribution in [0.5, 0.6) is 0 Å². The molecule has 0 radical (unpaired) electrons. The highest BCUT2D eigenvalue weighted by Gasteiger charge is 2.16. The molecular weight excluding hydrogens is 442 g/mol. The molecule has 0 aliphatic heterocycles. The number of rotatable bonds is 7. The third-order valence-electron chi connectivity index (χ3n) is 3.97. The zero-order valence-corrected chi connectivity index (χ0v) is 18.3. The molecule has 2 amide bonds. The van der Waals surface area contributed by atoms with Crippen LogP contribution in [0.4, 0.5) is 11.4 Å². The van der Waals surface area contributed by atoms with E-state index in [9.17, 15) is 18.0 Å². The SMILES string of the molecule is CC(Sc1cccc(NC(=O)c2cccs2)c1)C(=O)Nc1ccc(S(N)(=O)=O)cc1. The first-order valence-electron chi connectivity index (χ1n) is 8.78. The van der Waals surface area contributed by atoms with Gasteiger partial charge in [0.15, 0.2) is 0 Å². The molecule has 0 aliphatic rings. The van der Waals surface area contributed by atoms with Gasteiger partial charge in [-0.2, -0.15) is 0 Å². The lowest BCUT2D eigenvalue weighted by Gasteiger charge is -2.13. The summed E-state index contributed by atoms with van der Waals surface area (Å²) < 4.78 is 22.6. The van der Waals surface area contributed by atoms with Gasteiger partial charge in [0.2, 0.25) is 15.9 Å². The number of nitrogens with two attached hydrogens (primary N) is 1. The minimum atomic E-state index is -3.78. The van der Waals surface area contributed by atoms with Gasteiger partial charge in [-0.05, 0) is 60.8 Å². The number of thioether (sulfide) groups is 1. The molecule has 7 nitrogen and oxygen atoms in total. The molecule has 0 aliphatic carbocycles. The van der Waals surface area contributed by atoms with E-state index >= 15 is 0 Å². The van der Waals surface area contributed by atoms with Crippen LogP contribution >= 0.6 is 23.1 Å². The molecule has 1 heterocycles. The maximum absolute atomic E-state index is 12.5. The maximum atomic E-state index is 12.5. The fourth-order valence-electron chi connectivity index (χ4n) is 2.48. The summed E-state index contributed by atoms with van der Waals surface area (Å²) in [4.78, 5) is 26.1. The molecule has 3 aromatic rings. The summed E-state index contributed by atoms with van der Waals surface area (Å²) in [7, 11) is -3.78. The van der Waals surface area contributed by atoms with Gasteiger partial charge in [0.1, 0.15) is 0 Å². The molecule has 0 bridgehead atoms. The van der Waals surface area contributed by atoms with Crippen molar-refractivity contribution in [3.05, 3.63) is 70.9 Å². The predicted molar refractivity (Wildman–Crippen MR) is 120 cm³/mol. The van der Waals surface area contributed by atoms with Crippen molar-refractivity contribution in [2.24, 2.45) is 5.14 Å². The molecule has 156 valence electrons. The van der Waals surface area contributed by atoms with Gasteiger partial charge < -0.3 is 10.6 Å². The quantitative estimate of drug-likeness (QED) is 0.463. The summed E-state index contributed by atoms with van der Waals surface area (Å²) in [6.07, 6.45) is 0. The lowest BCUT2D eigenvalue weighted by molar-refractivity contribution is -0.115. The second-order valence-electron chi connectivity index (χ2n) is 6.28. The maximum Gasteiger partial charge on any atom is 0.265 e. The highest BCUT2D eigenvalue weighted by Crippen LogP contribution is 2.27. The van der Waals surface area contributed by atoms with Crippen molar-refractivity contribution in [3.63, 3.8) is 0 Å². The van der Waals surface area contributed by atoms with Crippen LogP contribution in [0.15, 0.2) is 75.8 Å². The Hall–Kier alpha value is -2.66. The Morgan fingerprint density at radius 2 is 1.73 bits per heavy atom. The lowest BCUT2D eigenvalue weighted by Crippen LogP contribution is -2.22. The normalized spacial score (nSPS) is 12.2. The summed E-state index contributed by atoms with van der Waals surface area (Å²) in [6, 6.07) is 16.5. The Balaban J connectivity index is 1.60. The largest absolute Gasteiger partial charge is 0.325 e. The predicted octanol–water partition coefficient (Wildman–Crippen LogP) is 3.77. The van der Waals surface area contributed by atoms with Crippen LogP contribution in [-0.4, -0.2) is 25.5 Å². The number of carbonyl (C=O) groups is 2. The van der Waals surface area contributed by atoms with Crippen molar-refractivity contribution >= 4 is 56.3 Å². The van der Waals surface area contributed by atoms with Gasteiger partial charge in [-0.15, -0.1) is 23.1 Å². The van der Waals surface area contributed by atoms with Crippen LogP contribution in [0.1, 0.15) is 16.6 Å². The van der Waals surface area contributed by atoms with Crippen LogP contribution in [0, 0.1) is 0 Å². The smallest absolute Gasteiger partial charge is 0.265 e. The van der Waals surface area contributed by atoms with Crippen molar-refractivity contribution in [2.75, 3.05) is 10.6 Å². The van der Waals surface area contributed by atoms with E-state index in [1.54, 1.807) is 25.1 Å². The third kappa shape index (κ3) is 5.92. The highest BCUT2D eigenvalue weighted by atomic mass is 32.2. The Bertz CT molecular complexity index is 1140. The average Bonchev–Trinajstić information content (AvgIpc) is 3.23. The van der Waals surface area contributed by atoms with Crippen molar-refractivity contribution in [1.29, 1.82) is 0 Å². The van der Waals surface area contributed by atoms with Crippen molar-refractivity contribution in [3.8, 4) is 0 Å². The number of sulfonamides is 1. The number of benzene rings is 2. The zero-order chi connectivity index (χ0) is 21.7. The van der Waals surface area contributed by atoms with E-state index in [1.807, 2.05) is 23.6 Å². The molecular formula is C20H19N3O4S3. The van der Waals surface area contributed by atoms with Crippen LogP contribution in [0.3, 0.4) is 0 Å². The van der Waals surface area contributed by atoms with Gasteiger partial charge in [-0.25, -0.2) is 13.6 Å². The second kappa shape index (κ2) is 9.43. The summed E-state index contributed by atoms with van der Waals surface area (Å²) in [5.41, 5.74) is 1.11. The molecule has 4 N–H and O–H groups in total. The van der Waals surface area contributed by atoms with E-state index < -0.39 is 15.3 Å². The van der Waals surface area contributed by atoms with Gasteiger partial charge in [0, 0.05) is 16.3 Å². The van der Waals surface area contributed by atoms with Gasteiger partial charge in [0.25, 0.3) is 5.91 Å². The van der Waals surface area contributed by atoms with Gasteiger partial charge >= 0.3 is 0 Å². The molecule has 0 fully saturated rings. The van der Waals surface area contributed by atoms with E-state index in [2.05, 4.69) is 10.6 Å². The first-order valence-corrected chi connectivity index (χ1v) is 12.1. The lowest BCUT2D eigenvalue weighted by atomic mass is 10.3. The van der Waals surface area contributed by atoms with Crippen LogP contribution in [0.25, 0.3) is 0 Å². The zero-order valence-electron chi connectivity index (χ0n) is 15.9. The minimum absolute atomic E-state index is 0.0238. The molecule has 2 aromatic carbocycles. The molecule has 1 aromatic heterocycles. The molecule has 1 unspecified atom stereocenters. The summed E-state index contributed by atoms with van der Waals surface area (Å²) in [5.74, 6) is -0.419. The number of primary sulfonamides is 1. The van der Waals surface area contributed by atoms with Crippen LogP contribution in [0.2, 0.25) is 0 Å². The Labute approximate surface area is 182 Å². The van der Waals surface area contributed by atoms with E-state index in [4.69, 9.17) is 5.14 Å². The number of carbonyl (C=O) groups excluding carboxylic acids is 2. The third-order valence-corrected chi connectivity index (χ3v) is 6.86. The molecule has 3 rings (SSSR count). The van der Waals surface area contributed by atoms with Crippen LogP contribution < -0.4 is 15.8 Å². The summed E-state index contributed by atoms with van der Waals surface area (Å²) in [5, 5.41) is 12.1. The number of hydrogen-bond acceptors (Lipinski definition) is 6. The number of amides is 2. The molecule has 30 heavy (non-hydrogen) atoms. The summed E-state index contributed by atoms with van der Waals surface area (Å²) in [6.45, 7) is 1.76. The first kappa shape index (κ1) is 22.0. The number of thiophene rings is 1. The Morgan fingerprint density at radius 1 is 1.00 bits per heavy atom. The Kier molecular flexibility index (Phi) is 6.93. The monoisotopic (exact) mass is 461 g/mol. The van der Waals surface area contributed by atoms with Crippen molar-refractivity contribution in [2.45, 2.75) is 22.0 Å². The van der Waals surface area contributed by atoms with Gasteiger partial charge in [-0.3, -0.25) is 9.59 Å². The first-order chi connectivity index (χ1) is 14.2. The fourth-order valence-corrected chi connectivity index (χ4v) is 4.54. The molecule has 0 saturated carbocycles. The van der Waals surface area contributed by atoms with Gasteiger partial charge in [-0.1, -0.05) is 12.1 Å². The standard InChI is InChI=1S/C20H19N3O4S3/c1-13(19(24)22-14-7-9-17(10-8-14)30(21,26)27)29-16-5-2-4-15(12-16)23-20(25)18-6-3-11-28-18/h2-13H,1H3,(H,22,24)(H,23,25)(H2,21,26,27). The van der Waals surface area contributed by atoms with E-state index in [0.29, 0.717) is 16.3 Å². The minimum Gasteiger partial charge on any atom is -0.325 e. The number of anilines is 2. The summed E-state index contributed by atoms with van der Waals surface area (Å²) >= 11 is 2.70. The average molecular weight is 462 g/mol.